The zero-order valence-corrected chi connectivity index (χ0v) is 11.6. The van der Waals surface area contributed by atoms with Crippen molar-refractivity contribution in [1.82, 2.24) is 10.2 Å². The van der Waals surface area contributed by atoms with E-state index < -0.39 is 0 Å². The van der Waals surface area contributed by atoms with Crippen LogP contribution in [0.25, 0.3) is 0 Å². The molecule has 4 heteroatoms. The molecule has 0 spiro atoms. The molecule has 1 saturated carbocycles. The summed E-state index contributed by atoms with van der Waals surface area (Å²) < 4.78 is 1.22. The standard InChI is InChI=1S/C11H17BrN2S/c1-14(2)9(7-13-8-3-4-8)10-5-6-11(12)15-10/h5-6,8-9,13H,3-4,7H2,1-2H3. The van der Waals surface area contributed by atoms with Crippen LogP contribution in [0.3, 0.4) is 0 Å². The molecule has 2 rings (SSSR count). The van der Waals surface area contributed by atoms with E-state index in [1.165, 1.54) is 21.5 Å². The first kappa shape index (κ1) is 11.6. The van der Waals surface area contributed by atoms with Crippen LogP contribution in [-0.2, 0) is 0 Å². The molecule has 1 aliphatic rings. The third-order valence-electron chi connectivity index (χ3n) is 2.72. The van der Waals surface area contributed by atoms with Crippen LogP contribution in [0.2, 0.25) is 0 Å². The monoisotopic (exact) mass is 288 g/mol. The molecular weight excluding hydrogens is 272 g/mol. The molecule has 1 atom stereocenters. The first-order valence-corrected chi connectivity index (χ1v) is 6.93. The third-order valence-corrected chi connectivity index (χ3v) is 4.45. The van der Waals surface area contributed by atoms with Crippen LogP contribution >= 0.6 is 27.3 Å². The first-order valence-electron chi connectivity index (χ1n) is 5.32. The highest BCUT2D eigenvalue weighted by Crippen LogP contribution is 2.30. The molecule has 0 bridgehead atoms. The molecule has 84 valence electrons. The minimum atomic E-state index is 0.502. The van der Waals surface area contributed by atoms with Crippen LogP contribution < -0.4 is 5.32 Å². The van der Waals surface area contributed by atoms with Crippen molar-refractivity contribution >= 4 is 27.3 Å². The van der Waals surface area contributed by atoms with Crippen molar-refractivity contribution in [2.45, 2.75) is 24.9 Å². The molecule has 1 heterocycles. The summed E-state index contributed by atoms with van der Waals surface area (Å²) in [6, 6.07) is 5.64. The summed E-state index contributed by atoms with van der Waals surface area (Å²) in [6.07, 6.45) is 2.71. The average molecular weight is 289 g/mol. The number of halogens is 1. The largest absolute Gasteiger partial charge is 0.312 e. The molecule has 1 aromatic heterocycles. The third kappa shape index (κ3) is 3.28. The Kier molecular flexibility index (Phi) is 3.83. The van der Waals surface area contributed by atoms with Crippen LogP contribution in [-0.4, -0.2) is 31.6 Å². The molecule has 1 unspecified atom stereocenters. The number of nitrogens with one attached hydrogen (secondary N) is 1. The van der Waals surface area contributed by atoms with Gasteiger partial charge in [-0.3, -0.25) is 0 Å². The number of thiophene rings is 1. The second-order valence-corrected chi connectivity index (χ2v) is 6.80. The van der Waals surface area contributed by atoms with Gasteiger partial charge < -0.3 is 10.2 Å². The van der Waals surface area contributed by atoms with E-state index in [1.54, 1.807) is 0 Å². The Labute approximate surface area is 104 Å². The quantitative estimate of drug-likeness (QED) is 0.896. The summed E-state index contributed by atoms with van der Waals surface area (Å²) in [5, 5.41) is 3.60. The summed E-state index contributed by atoms with van der Waals surface area (Å²) in [5.74, 6) is 0. The number of hydrogen-bond donors (Lipinski definition) is 1. The maximum atomic E-state index is 3.60. The van der Waals surface area contributed by atoms with Gasteiger partial charge in [0.15, 0.2) is 0 Å². The predicted molar refractivity (Wildman–Crippen MR) is 69.5 cm³/mol. The van der Waals surface area contributed by atoms with Crippen LogP contribution in [0.15, 0.2) is 15.9 Å². The van der Waals surface area contributed by atoms with E-state index in [2.05, 4.69) is 52.4 Å². The van der Waals surface area contributed by atoms with E-state index in [0.29, 0.717) is 6.04 Å². The van der Waals surface area contributed by atoms with Gasteiger partial charge in [-0.05, 0) is 55.0 Å². The summed E-state index contributed by atoms with van der Waals surface area (Å²) >= 11 is 5.35. The number of rotatable bonds is 5. The first-order chi connectivity index (χ1) is 7.16. The van der Waals surface area contributed by atoms with Gasteiger partial charge in [-0.25, -0.2) is 0 Å². The lowest BCUT2D eigenvalue weighted by Crippen LogP contribution is -2.31. The smallest absolute Gasteiger partial charge is 0.0702 e. The SMILES string of the molecule is CN(C)C(CNC1CC1)c1ccc(Br)s1. The highest BCUT2D eigenvalue weighted by atomic mass is 79.9. The molecule has 0 aliphatic heterocycles. The molecule has 0 amide bonds. The van der Waals surface area contributed by atoms with Crippen molar-refractivity contribution in [3.05, 3.63) is 20.8 Å². The Morgan fingerprint density at radius 2 is 2.27 bits per heavy atom. The van der Waals surface area contributed by atoms with Gasteiger partial charge in [0, 0.05) is 17.5 Å². The fourth-order valence-corrected chi connectivity index (χ4v) is 3.23. The van der Waals surface area contributed by atoms with Gasteiger partial charge in [0.25, 0.3) is 0 Å². The maximum absolute atomic E-state index is 3.60. The van der Waals surface area contributed by atoms with Crippen LogP contribution in [0.4, 0.5) is 0 Å². The highest BCUT2D eigenvalue weighted by Gasteiger charge is 2.23. The second kappa shape index (κ2) is 4.95. The fraction of sp³-hybridized carbons (Fsp3) is 0.636. The molecule has 1 fully saturated rings. The Morgan fingerprint density at radius 1 is 1.53 bits per heavy atom. The van der Waals surface area contributed by atoms with Crippen molar-refractivity contribution in [2.75, 3.05) is 20.6 Å². The van der Waals surface area contributed by atoms with Crippen molar-refractivity contribution in [2.24, 2.45) is 0 Å². The van der Waals surface area contributed by atoms with E-state index >= 15 is 0 Å². The van der Waals surface area contributed by atoms with E-state index in [1.807, 2.05) is 11.3 Å². The molecule has 0 saturated heterocycles. The number of hydrogen-bond acceptors (Lipinski definition) is 3. The van der Waals surface area contributed by atoms with Gasteiger partial charge in [-0.1, -0.05) is 0 Å². The molecule has 15 heavy (non-hydrogen) atoms. The Hall–Kier alpha value is 0.1000. The lowest BCUT2D eigenvalue weighted by molar-refractivity contribution is 0.292. The summed E-state index contributed by atoms with van der Waals surface area (Å²) in [7, 11) is 4.29. The van der Waals surface area contributed by atoms with Crippen molar-refractivity contribution < 1.29 is 0 Å². The fourth-order valence-electron chi connectivity index (χ4n) is 1.61. The van der Waals surface area contributed by atoms with E-state index in [9.17, 15) is 0 Å². The zero-order chi connectivity index (χ0) is 10.8. The summed E-state index contributed by atoms with van der Waals surface area (Å²) in [4.78, 5) is 3.72. The van der Waals surface area contributed by atoms with Gasteiger partial charge in [-0.15, -0.1) is 11.3 Å². The average Bonchev–Trinajstić information content (AvgIpc) is 2.89. The normalized spacial score (nSPS) is 18.4. The maximum Gasteiger partial charge on any atom is 0.0702 e. The Balaban J connectivity index is 1.97. The van der Waals surface area contributed by atoms with Gasteiger partial charge in [0.05, 0.1) is 9.83 Å². The lowest BCUT2D eigenvalue weighted by Gasteiger charge is -2.23. The molecular formula is C11H17BrN2S. The molecule has 2 nitrogen and oxygen atoms in total. The number of nitrogens with zero attached hydrogens (tertiary/aromatic N) is 1. The molecule has 1 aliphatic carbocycles. The Bertz CT molecular complexity index is 320. The van der Waals surface area contributed by atoms with Crippen molar-refractivity contribution in [3.63, 3.8) is 0 Å². The molecule has 0 radical (unpaired) electrons. The van der Waals surface area contributed by atoms with E-state index in [4.69, 9.17) is 0 Å². The van der Waals surface area contributed by atoms with Crippen LogP contribution in [0.1, 0.15) is 23.8 Å². The molecule has 0 aromatic carbocycles. The van der Waals surface area contributed by atoms with Gasteiger partial charge in [0.1, 0.15) is 0 Å². The zero-order valence-electron chi connectivity index (χ0n) is 9.16. The lowest BCUT2D eigenvalue weighted by atomic mass is 10.2. The van der Waals surface area contributed by atoms with Gasteiger partial charge in [0.2, 0.25) is 0 Å². The van der Waals surface area contributed by atoms with Gasteiger partial charge >= 0.3 is 0 Å². The number of likely N-dealkylation sites (N-methyl/N-ethyl adjacent to an activating group) is 1. The molecule has 1 aromatic rings. The minimum absolute atomic E-state index is 0.502. The Morgan fingerprint density at radius 3 is 2.73 bits per heavy atom. The highest BCUT2D eigenvalue weighted by molar-refractivity contribution is 9.11. The van der Waals surface area contributed by atoms with Crippen LogP contribution in [0.5, 0.6) is 0 Å². The van der Waals surface area contributed by atoms with E-state index in [-0.39, 0.29) is 0 Å². The topological polar surface area (TPSA) is 15.3 Å². The summed E-state index contributed by atoms with van der Waals surface area (Å²) in [5.41, 5.74) is 0. The minimum Gasteiger partial charge on any atom is -0.312 e. The van der Waals surface area contributed by atoms with Crippen LogP contribution in [0, 0.1) is 0 Å². The summed E-state index contributed by atoms with van der Waals surface area (Å²) in [6.45, 7) is 1.06. The van der Waals surface area contributed by atoms with Gasteiger partial charge in [-0.2, -0.15) is 0 Å². The molecule has 1 N–H and O–H groups in total. The second-order valence-electron chi connectivity index (χ2n) is 4.30. The van der Waals surface area contributed by atoms with Crippen molar-refractivity contribution in [1.29, 1.82) is 0 Å². The predicted octanol–water partition coefficient (Wildman–Crippen LogP) is 2.87. The van der Waals surface area contributed by atoms with Crippen molar-refractivity contribution in [3.8, 4) is 0 Å². The van der Waals surface area contributed by atoms with E-state index in [0.717, 1.165) is 12.6 Å².